The third kappa shape index (κ3) is 3.08. The van der Waals surface area contributed by atoms with E-state index in [4.69, 9.17) is 4.74 Å². The molecule has 1 amide bonds. The number of amides is 1. The number of rotatable bonds is 4. The first kappa shape index (κ1) is 19.6. The largest absolute Gasteiger partial charge is 0.471 e. The van der Waals surface area contributed by atoms with Gasteiger partial charge in [0.25, 0.3) is 0 Å². The normalized spacial score (nSPS) is 29.1. The molecule has 0 aromatic rings. The molecule has 0 aromatic carbocycles. The predicted octanol–water partition coefficient (Wildman–Crippen LogP) is 3.85. The topological polar surface area (TPSA) is 66.9 Å². The second kappa shape index (κ2) is 6.94. The highest BCUT2D eigenvalue weighted by Gasteiger charge is 2.55. The lowest BCUT2D eigenvalue weighted by Gasteiger charge is -2.42. The Labute approximate surface area is 168 Å². The van der Waals surface area contributed by atoms with E-state index >= 15 is 0 Å². The van der Waals surface area contributed by atoms with Crippen LogP contribution in [0.5, 0.6) is 0 Å². The van der Waals surface area contributed by atoms with Crippen LogP contribution >= 0.6 is 0 Å². The van der Waals surface area contributed by atoms with Gasteiger partial charge in [-0.25, -0.2) is 12.7 Å². The minimum atomic E-state index is -3.73. The molecule has 0 aromatic heterocycles. The average Bonchev–Trinajstić information content (AvgIpc) is 2.96. The van der Waals surface area contributed by atoms with Gasteiger partial charge in [0.2, 0.25) is 15.9 Å². The van der Waals surface area contributed by atoms with E-state index in [0.29, 0.717) is 6.42 Å². The summed E-state index contributed by atoms with van der Waals surface area (Å²) in [6.07, 6.45) is 12.2. The molecule has 3 aliphatic heterocycles. The Kier molecular flexibility index (Phi) is 4.84. The SMILES string of the molecule is CC(=O)N(C1CC23CCCCC2=CN2C=CCCC2=C3O1)S(=O)(=O)CC(C)C. The molecule has 28 heavy (non-hydrogen) atoms. The lowest BCUT2D eigenvalue weighted by Crippen LogP contribution is -2.45. The maximum Gasteiger partial charge on any atom is 0.240 e. The fourth-order valence-corrected chi connectivity index (χ4v) is 7.08. The smallest absolute Gasteiger partial charge is 0.240 e. The molecule has 1 spiro atoms. The Balaban J connectivity index is 1.76. The molecule has 1 saturated heterocycles. The van der Waals surface area contributed by atoms with Gasteiger partial charge in [0.15, 0.2) is 6.23 Å². The number of allylic oxidation sites excluding steroid dienone is 3. The first-order valence-corrected chi connectivity index (χ1v) is 11.9. The van der Waals surface area contributed by atoms with E-state index in [2.05, 4.69) is 23.4 Å². The van der Waals surface area contributed by atoms with Crippen LogP contribution in [0.2, 0.25) is 0 Å². The fraction of sp³-hybridized carbons (Fsp3) is 0.667. The van der Waals surface area contributed by atoms with Gasteiger partial charge in [0.05, 0.1) is 16.9 Å². The Hall–Kier alpha value is -1.76. The van der Waals surface area contributed by atoms with Crippen molar-refractivity contribution in [2.75, 3.05) is 5.75 Å². The van der Waals surface area contributed by atoms with Crippen LogP contribution in [0.3, 0.4) is 0 Å². The Bertz CT molecular complexity index is 871. The molecular formula is C21H30N2O4S. The molecule has 2 fully saturated rings. The van der Waals surface area contributed by atoms with Gasteiger partial charge in [-0.3, -0.25) is 4.79 Å². The van der Waals surface area contributed by atoms with Gasteiger partial charge < -0.3 is 9.64 Å². The highest BCUT2D eigenvalue weighted by molar-refractivity contribution is 7.89. The van der Waals surface area contributed by atoms with Crippen molar-refractivity contribution in [1.82, 2.24) is 9.21 Å². The molecular weight excluding hydrogens is 376 g/mol. The third-order valence-electron chi connectivity index (χ3n) is 6.22. The summed E-state index contributed by atoms with van der Waals surface area (Å²) in [5, 5.41) is 0. The zero-order valence-electron chi connectivity index (χ0n) is 17.0. The van der Waals surface area contributed by atoms with Crippen molar-refractivity contribution in [2.24, 2.45) is 11.3 Å². The molecule has 2 unspecified atom stereocenters. The summed E-state index contributed by atoms with van der Waals surface area (Å²) in [7, 11) is -3.73. The summed E-state index contributed by atoms with van der Waals surface area (Å²) in [5.41, 5.74) is 2.19. The van der Waals surface area contributed by atoms with E-state index in [-0.39, 0.29) is 17.1 Å². The Morgan fingerprint density at radius 1 is 1.36 bits per heavy atom. The molecule has 4 aliphatic rings. The second-order valence-corrected chi connectivity index (χ2v) is 10.7. The number of nitrogens with zero attached hydrogens (tertiary/aromatic N) is 2. The van der Waals surface area contributed by atoms with Crippen molar-refractivity contribution >= 4 is 15.9 Å². The van der Waals surface area contributed by atoms with E-state index < -0.39 is 22.2 Å². The predicted molar refractivity (Wildman–Crippen MR) is 107 cm³/mol. The number of sulfonamides is 1. The van der Waals surface area contributed by atoms with Crippen molar-refractivity contribution in [3.63, 3.8) is 0 Å². The summed E-state index contributed by atoms with van der Waals surface area (Å²) >= 11 is 0. The minimum absolute atomic E-state index is 0.0527. The van der Waals surface area contributed by atoms with Crippen molar-refractivity contribution in [2.45, 2.75) is 71.9 Å². The zero-order chi connectivity index (χ0) is 20.1. The van der Waals surface area contributed by atoms with Crippen LogP contribution in [0.15, 0.2) is 35.5 Å². The number of carbonyl (C=O) groups is 1. The maximum absolute atomic E-state index is 13.0. The fourth-order valence-electron chi connectivity index (χ4n) is 5.21. The van der Waals surface area contributed by atoms with E-state index in [0.717, 1.165) is 54.3 Å². The molecule has 0 radical (unpaired) electrons. The molecule has 1 aliphatic carbocycles. The van der Waals surface area contributed by atoms with Gasteiger partial charge in [-0.05, 0) is 43.6 Å². The zero-order valence-corrected chi connectivity index (χ0v) is 17.8. The maximum atomic E-state index is 13.0. The van der Waals surface area contributed by atoms with Crippen LogP contribution in [0.4, 0.5) is 0 Å². The van der Waals surface area contributed by atoms with Gasteiger partial charge in [0, 0.05) is 25.7 Å². The minimum Gasteiger partial charge on any atom is -0.471 e. The first-order chi connectivity index (χ1) is 13.2. The Morgan fingerprint density at radius 2 is 2.14 bits per heavy atom. The monoisotopic (exact) mass is 406 g/mol. The standard InChI is InChI=1S/C21H30N2O4S/c1-15(2)14-28(25,26)23(16(3)24)19-12-21-10-6-4-8-17(21)13-22-11-7-5-9-18(22)20(21)27-19/h7,11,13,15,19H,4-6,8-10,12,14H2,1-3H3. The van der Waals surface area contributed by atoms with Crippen LogP contribution in [0.25, 0.3) is 0 Å². The van der Waals surface area contributed by atoms with Crippen LogP contribution in [-0.4, -0.2) is 35.5 Å². The number of hydrogen-bond donors (Lipinski definition) is 0. The lowest BCUT2D eigenvalue weighted by molar-refractivity contribution is -0.130. The van der Waals surface area contributed by atoms with E-state index in [1.165, 1.54) is 12.5 Å². The molecule has 1 saturated carbocycles. The molecule has 0 N–H and O–H groups in total. The van der Waals surface area contributed by atoms with Crippen LogP contribution in [0.1, 0.15) is 65.7 Å². The van der Waals surface area contributed by atoms with Gasteiger partial charge in [-0.1, -0.05) is 26.3 Å². The van der Waals surface area contributed by atoms with Gasteiger partial charge in [-0.2, -0.15) is 0 Å². The van der Waals surface area contributed by atoms with Crippen molar-refractivity contribution in [3.05, 3.63) is 35.5 Å². The van der Waals surface area contributed by atoms with Gasteiger partial charge in [-0.15, -0.1) is 0 Å². The summed E-state index contributed by atoms with van der Waals surface area (Å²) in [6.45, 7) is 5.03. The average molecular weight is 407 g/mol. The molecule has 6 nitrogen and oxygen atoms in total. The second-order valence-electron chi connectivity index (χ2n) is 8.81. The highest BCUT2D eigenvalue weighted by Crippen LogP contribution is 2.59. The van der Waals surface area contributed by atoms with Crippen molar-refractivity contribution in [1.29, 1.82) is 0 Å². The molecule has 7 heteroatoms. The summed E-state index contributed by atoms with van der Waals surface area (Å²) in [6, 6.07) is 0. The summed E-state index contributed by atoms with van der Waals surface area (Å²) in [4.78, 5) is 14.6. The number of hydrogen-bond acceptors (Lipinski definition) is 5. The van der Waals surface area contributed by atoms with E-state index in [1.54, 1.807) is 0 Å². The lowest BCUT2D eigenvalue weighted by atomic mass is 9.66. The molecule has 154 valence electrons. The van der Waals surface area contributed by atoms with E-state index in [1.807, 2.05) is 13.8 Å². The van der Waals surface area contributed by atoms with Crippen LogP contribution in [0, 0.1) is 11.3 Å². The van der Waals surface area contributed by atoms with Crippen molar-refractivity contribution in [3.8, 4) is 0 Å². The molecule has 3 heterocycles. The third-order valence-corrected chi connectivity index (χ3v) is 8.40. The molecule has 4 rings (SSSR count). The van der Waals surface area contributed by atoms with Crippen molar-refractivity contribution < 1.29 is 17.9 Å². The van der Waals surface area contributed by atoms with Crippen LogP contribution in [-0.2, 0) is 19.6 Å². The Morgan fingerprint density at radius 3 is 2.86 bits per heavy atom. The number of fused-ring (bicyclic) bond motifs is 1. The molecule has 2 atom stereocenters. The summed E-state index contributed by atoms with van der Waals surface area (Å²) in [5.74, 6) is 0.334. The van der Waals surface area contributed by atoms with Crippen LogP contribution < -0.4 is 0 Å². The van der Waals surface area contributed by atoms with E-state index in [9.17, 15) is 13.2 Å². The quantitative estimate of drug-likeness (QED) is 0.709. The number of carbonyl (C=O) groups excluding carboxylic acids is 1. The molecule has 0 bridgehead atoms. The first-order valence-electron chi connectivity index (χ1n) is 10.3. The highest BCUT2D eigenvalue weighted by atomic mass is 32.2. The summed E-state index contributed by atoms with van der Waals surface area (Å²) < 4.78 is 33.4. The number of ether oxygens (including phenoxy) is 1. The van der Waals surface area contributed by atoms with Gasteiger partial charge >= 0.3 is 0 Å². The van der Waals surface area contributed by atoms with Gasteiger partial charge in [0.1, 0.15) is 5.76 Å².